The van der Waals surface area contributed by atoms with Crippen LogP contribution in [0.2, 0.25) is 0 Å². The number of carbonyl (C=O) groups is 1. The van der Waals surface area contributed by atoms with Crippen molar-refractivity contribution in [2.75, 3.05) is 38.2 Å². The number of fused-ring (bicyclic) bond motifs is 1. The molecule has 9 heteroatoms. The largest absolute Gasteiger partial charge is 0.497 e. The zero-order valence-electron chi connectivity index (χ0n) is 20.3. The zero-order chi connectivity index (χ0) is 23.8. The van der Waals surface area contributed by atoms with Crippen LogP contribution >= 0.6 is 0 Å². The number of aryl methyl sites for hydroxylation is 2. The van der Waals surface area contributed by atoms with Gasteiger partial charge in [-0.05, 0) is 43.7 Å². The molecule has 3 aromatic rings. The van der Waals surface area contributed by atoms with Crippen LogP contribution in [0.1, 0.15) is 25.7 Å². The molecule has 2 fully saturated rings. The van der Waals surface area contributed by atoms with Gasteiger partial charge in [-0.15, -0.1) is 0 Å². The van der Waals surface area contributed by atoms with E-state index < -0.39 is 0 Å². The highest BCUT2D eigenvalue weighted by Gasteiger charge is 2.32. The van der Waals surface area contributed by atoms with Gasteiger partial charge in [0.2, 0.25) is 5.91 Å². The molecule has 2 aromatic heterocycles. The van der Waals surface area contributed by atoms with Gasteiger partial charge in [0.15, 0.2) is 0 Å². The Balaban J connectivity index is 1.18. The summed E-state index contributed by atoms with van der Waals surface area (Å²) in [5.41, 5.74) is 2.96. The van der Waals surface area contributed by atoms with E-state index in [2.05, 4.69) is 10.00 Å². The number of benzene rings is 1. The van der Waals surface area contributed by atoms with E-state index in [0.29, 0.717) is 18.4 Å². The predicted octanol–water partition coefficient (Wildman–Crippen LogP) is 2.24. The Labute approximate surface area is 199 Å². The van der Waals surface area contributed by atoms with Crippen LogP contribution in [-0.2, 0) is 25.4 Å². The SMILES string of the molecule is COc1ccc2c(c1)n(CC1CCC(C(=O)N3CCN(c4cnn(C)c4)CC3)CC1)c(=O)n2C. The lowest BCUT2D eigenvalue weighted by Gasteiger charge is -2.38. The van der Waals surface area contributed by atoms with E-state index in [4.69, 9.17) is 4.74 Å². The molecule has 0 atom stereocenters. The van der Waals surface area contributed by atoms with Crippen molar-refractivity contribution in [3.8, 4) is 5.75 Å². The molecule has 1 aliphatic carbocycles. The lowest BCUT2D eigenvalue weighted by atomic mass is 9.81. The lowest BCUT2D eigenvalue weighted by Crippen LogP contribution is -2.50. The molecule has 0 radical (unpaired) electrons. The second kappa shape index (κ2) is 9.19. The first kappa shape index (κ1) is 22.6. The topological polar surface area (TPSA) is 77.5 Å². The molecule has 0 spiro atoms. The number of piperazine rings is 1. The molecule has 0 N–H and O–H groups in total. The maximum atomic E-state index is 13.2. The number of ether oxygens (including phenoxy) is 1. The summed E-state index contributed by atoms with van der Waals surface area (Å²) in [6.45, 7) is 3.91. The molecule has 34 heavy (non-hydrogen) atoms. The van der Waals surface area contributed by atoms with Gasteiger partial charge in [-0.2, -0.15) is 5.10 Å². The number of methoxy groups -OCH3 is 1. The van der Waals surface area contributed by atoms with Crippen molar-refractivity contribution in [3.63, 3.8) is 0 Å². The van der Waals surface area contributed by atoms with Crippen molar-refractivity contribution >= 4 is 22.6 Å². The summed E-state index contributed by atoms with van der Waals surface area (Å²) >= 11 is 0. The average Bonchev–Trinajstić information content (AvgIpc) is 3.41. The number of nitrogens with zero attached hydrogens (tertiary/aromatic N) is 6. The first-order valence-corrected chi connectivity index (χ1v) is 12.2. The van der Waals surface area contributed by atoms with Gasteiger partial charge >= 0.3 is 5.69 Å². The van der Waals surface area contributed by atoms with Gasteiger partial charge in [-0.3, -0.25) is 18.6 Å². The zero-order valence-corrected chi connectivity index (χ0v) is 20.3. The Morgan fingerprint density at radius 2 is 1.79 bits per heavy atom. The molecule has 0 unspecified atom stereocenters. The van der Waals surface area contributed by atoms with Crippen LogP contribution in [0, 0.1) is 11.8 Å². The molecule has 0 bridgehead atoms. The average molecular weight is 467 g/mol. The van der Waals surface area contributed by atoms with Crippen molar-refractivity contribution in [1.82, 2.24) is 23.8 Å². The lowest BCUT2D eigenvalue weighted by molar-refractivity contribution is -0.137. The highest BCUT2D eigenvalue weighted by molar-refractivity contribution is 5.79. The van der Waals surface area contributed by atoms with E-state index in [-0.39, 0.29) is 11.6 Å². The van der Waals surface area contributed by atoms with Crippen LogP contribution in [0.3, 0.4) is 0 Å². The monoisotopic (exact) mass is 466 g/mol. The van der Waals surface area contributed by atoms with Crippen molar-refractivity contribution in [1.29, 1.82) is 0 Å². The van der Waals surface area contributed by atoms with Crippen LogP contribution in [0.15, 0.2) is 35.4 Å². The summed E-state index contributed by atoms with van der Waals surface area (Å²) < 4.78 is 10.8. The summed E-state index contributed by atoms with van der Waals surface area (Å²) in [7, 11) is 5.38. The van der Waals surface area contributed by atoms with Crippen LogP contribution in [-0.4, -0.2) is 63.0 Å². The Bertz CT molecular complexity index is 1230. The van der Waals surface area contributed by atoms with Gasteiger partial charge in [0.1, 0.15) is 5.75 Å². The normalized spacial score (nSPS) is 21.3. The smallest absolute Gasteiger partial charge is 0.328 e. The van der Waals surface area contributed by atoms with Crippen molar-refractivity contribution in [3.05, 3.63) is 41.1 Å². The number of rotatable bonds is 5. The van der Waals surface area contributed by atoms with Crippen LogP contribution < -0.4 is 15.3 Å². The van der Waals surface area contributed by atoms with E-state index in [1.165, 1.54) is 0 Å². The minimum absolute atomic E-state index is 0.00735. The standard InChI is InChI=1S/C25H34N6O3/c1-27-17-20(15-26-27)29-10-12-30(13-11-29)24(32)19-6-4-18(5-7-19)16-31-23-14-21(34-3)8-9-22(23)28(2)25(31)33/h8-9,14-15,17-19H,4-7,10-13,16H2,1-3H3. The van der Waals surface area contributed by atoms with E-state index in [9.17, 15) is 9.59 Å². The quantitative estimate of drug-likeness (QED) is 0.576. The Kier molecular flexibility index (Phi) is 6.10. The molecule has 182 valence electrons. The predicted molar refractivity (Wildman–Crippen MR) is 131 cm³/mol. The fourth-order valence-electron chi connectivity index (χ4n) is 5.56. The van der Waals surface area contributed by atoms with Gasteiger partial charge in [0, 0.05) is 65.0 Å². The molecule has 1 saturated heterocycles. The number of aromatic nitrogens is 4. The number of hydrogen-bond acceptors (Lipinski definition) is 5. The van der Waals surface area contributed by atoms with Crippen molar-refractivity contribution in [2.45, 2.75) is 32.2 Å². The van der Waals surface area contributed by atoms with Gasteiger partial charge in [-0.25, -0.2) is 4.79 Å². The minimum atomic E-state index is 0.00735. The Hall–Kier alpha value is -3.23. The van der Waals surface area contributed by atoms with E-state index in [1.807, 2.05) is 58.8 Å². The second-order valence-corrected chi connectivity index (χ2v) is 9.71. The maximum Gasteiger partial charge on any atom is 0.328 e. The fourth-order valence-corrected chi connectivity index (χ4v) is 5.56. The summed E-state index contributed by atoms with van der Waals surface area (Å²) in [5.74, 6) is 1.56. The Morgan fingerprint density at radius 3 is 2.44 bits per heavy atom. The first-order chi connectivity index (χ1) is 16.4. The third kappa shape index (κ3) is 4.19. The summed E-state index contributed by atoms with van der Waals surface area (Å²) in [5, 5.41) is 4.25. The molecule has 9 nitrogen and oxygen atoms in total. The van der Waals surface area contributed by atoms with Crippen LogP contribution in [0.25, 0.3) is 11.0 Å². The van der Waals surface area contributed by atoms with Crippen LogP contribution in [0.4, 0.5) is 5.69 Å². The minimum Gasteiger partial charge on any atom is -0.497 e. The van der Waals surface area contributed by atoms with Gasteiger partial charge < -0.3 is 14.5 Å². The molecule has 1 aliphatic heterocycles. The number of carbonyl (C=O) groups excluding carboxylic acids is 1. The number of imidazole rings is 1. The van der Waals surface area contributed by atoms with Gasteiger partial charge in [0.05, 0.1) is 30.0 Å². The van der Waals surface area contributed by atoms with Crippen molar-refractivity contribution in [2.24, 2.45) is 25.9 Å². The van der Waals surface area contributed by atoms with E-state index in [1.54, 1.807) is 11.7 Å². The van der Waals surface area contributed by atoms with Crippen molar-refractivity contribution < 1.29 is 9.53 Å². The molecular weight excluding hydrogens is 432 g/mol. The summed E-state index contributed by atoms with van der Waals surface area (Å²) in [4.78, 5) is 30.4. The molecular formula is C25H34N6O3. The third-order valence-corrected chi connectivity index (χ3v) is 7.64. The second-order valence-electron chi connectivity index (χ2n) is 9.71. The molecule has 1 aromatic carbocycles. The molecule has 2 aliphatic rings. The number of hydrogen-bond donors (Lipinski definition) is 0. The number of anilines is 1. The summed E-state index contributed by atoms with van der Waals surface area (Å²) in [6.07, 6.45) is 7.65. The first-order valence-electron chi connectivity index (χ1n) is 12.2. The highest BCUT2D eigenvalue weighted by Crippen LogP contribution is 2.32. The molecule has 1 amide bonds. The Morgan fingerprint density at radius 1 is 1.06 bits per heavy atom. The van der Waals surface area contributed by atoms with Crippen LogP contribution in [0.5, 0.6) is 5.75 Å². The van der Waals surface area contributed by atoms with E-state index in [0.717, 1.165) is 74.3 Å². The third-order valence-electron chi connectivity index (χ3n) is 7.64. The maximum absolute atomic E-state index is 13.2. The molecule has 5 rings (SSSR count). The van der Waals surface area contributed by atoms with Gasteiger partial charge in [-0.1, -0.05) is 0 Å². The number of amides is 1. The fraction of sp³-hybridized carbons (Fsp3) is 0.560. The van der Waals surface area contributed by atoms with E-state index >= 15 is 0 Å². The molecule has 3 heterocycles. The van der Waals surface area contributed by atoms with Gasteiger partial charge in [0.25, 0.3) is 0 Å². The summed E-state index contributed by atoms with van der Waals surface area (Å²) in [6, 6.07) is 5.77. The highest BCUT2D eigenvalue weighted by atomic mass is 16.5. The molecule has 1 saturated carbocycles.